The highest BCUT2D eigenvalue weighted by molar-refractivity contribution is 5.97. The van der Waals surface area contributed by atoms with E-state index in [1.54, 1.807) is 7.05 Å². The van der Waals surface area contributed by atoms with E-state index in [1.165, 1.54) is 29.8 Å². The molecule has 0 aliphatic carbocycles. The molecule has 186 valence electrons. The highest BCUT2D eigenvalue weighted by Crippen LogP contribution is 2.47. The van der Waals surface area contributed by atoms with Crippen molar-refractivity contribution < 1.29 is 14.8 Å². The number of fused-ring (bicyclic) bond motifs is 3. The number of aromatic hydroxyl groups is 1. The molecule has 1 unspecified atom stereocenters. The van der Waals surface area contributed by atoms with E-state index in [-0.39, 0.29) is 23.6 Å². The predicted molar refractivity (Wildman–Crippen MR) is 134 cm³/mol. The Morgan fingerprint density at radius 2 is 1.83 bits per heavy atom. The Labute approximate surface area is 205 Å². The zero-order chi connectivity index (χ0) is 26.1. The molecule has 0 fully saturated rings. The second-order valence-electron chi connectivity index (χ2n) is 9.87. The van der Waals surface area contributed by atoms with Gasteiger partial charge in [-0.3, -0.25) is 24.0 Å². The van der Waals surface area contributed by atoms with Crippen LogP contribution in [0.1, 0.15) is 36.8 Å². The van der Waals surface area contributed by atoms with Crippen LogP contribution in [-0.4, -0.2) is 30.3 Å². The number of non-ortho nitro benzene ring substituents is 1. The molecular formula is C26H26N4O6. The fraction of sp³-hybridized carbons (Fsp3) is 0.308. The van der Waals surface area contributed by atoms with Crippen LogP contribution in [0.15, 0.2) is 52.1 Å². The SMILES string of the molecule is Cc1cccc(-c2c3c(=O)n(C)c(=O)n(C)c3c3n2C(C)(C)COC3c2cc([N+](=O)[O-])ccc2O)c1. The van der Waals surface area contributed by atoms with Crippen LogP contribution in [-0.2, 0) is 24.4 Å². The largest absolute Gasteiger partial charge is 0.508 e. The zero-order valence-corrected chi connectivity index (χ0v) is 20.6. The van der Waals surface area contributed by atoms with E-state index < -0.39 is 27.8 Å². The minimum absolute atomic E-state index is 0.183. The maximum atomic E-state index is 13.6. The lowest BCUT2D eigenvalue weighted by atomic mass is 9.97. The molecule has 0 saturated heterocycles. The first-order valence-electron chi connectivity index (χ1n) is 11.4. The Morgan fingerprint density at radius 3 is 2.50 bits per heavy atom. The van der Waals surface area contributed by atoms with Crippen LogP contribution in [0.3, 0.4) is 0 Å². The van der Waals surface area contributed by atoms with Crippen LogP contribution >= 0.6 is 0 Å². The normalized spacial score (nSPS) is 16.8. The Hall–Kier alpha value is -4.18. The molecule has 0 saturated carbocycles. The van der Waals surface area contributed by atoms with Crippen LogP contribution in [0.4, 0.5) is 5.69 Å². The van der Waals surface area contributed by atoms with Gasteiger partial charge in [-0.15, -0.1) is 0 Å². The number of aromatic nitrogens is 3. The number of phenols is 1. The molecule has 1 aliphatic heterocycles. The van der Waals surface area contributed by atoms with Crippen molar-refractivity contribution in [2.45, 2.75) is 32.4 Å². The quantitative estimate of drug-likeness (QED) is 0.347. The molecule has 3 heterocycles. The highest BCUT2D eigenvalue weighted by Gasteiger charge is 2.41. The molecule has 10 nitrogen and oxygen atoms in total. The van der Waals surface area contributed by atoms with E-state index in [2.05, 4.69) is 0 Å². The van der Waals surface area contributed by atoms with Gasteiger partial charge in [-0.05, 0) is 38.5 Å². The number of ether oxygens (including phenoxy) is 1. The van der Waals surface area contributed by atoms with E-state index in [0.29, 0.717) is 22.3 Å². The van der Waals surface area contributed by atoms with Gasteiger partial charge in [0.15, 0.2) is 0 Å². The average molecular weight is 491 g/mol. The summed E-state index contributed by atoms with van der Waals surface area (Å²) in [5.41, 5.74) is 1.62. The van der Waals surface area contributed by atoms with Crippen molar-refractivity contribution in [3.63, 3.8) is 0 Å². The van der Waals surface area contributed by atoms with E-state index in [4.69, 9.17) is 4.74 Å². The summed E-state index contributed by atoms with van der Waals surface area (Å²) in [5.74, 6) is -0.183. The Bertz CT molecular complexity index is 1690. The Kier molecular flexibility index (Phi) is 5.18. The summed E-state index contributed by atoms with van der Waals surface area (Å²) in [5, 5.41) is 22.6. The van der Waals surface area contributed by atoms with Crippen molar-refractivity contribution in [1.29, 1.82) is 0 Å². The lowest BCUT2D eigenvalue weighted by Crippen LogP contribution is -2.40. The first-order chi connectivity index (χ1) is 16.9. The molecule has 1 N–H and O–H groups in total. The number of rotatable bonds is 3. The number of aryl methyl sites for hydroxylation is 2. The van der Waals surface area contributed by atoms with Crippen LogP contribution < -0.4 is 11.2 Å². The zero-order valence-electron chi connectivity index (χ0n) is 20.6. The monoisotopic (exact) mass is 490 g/mol. The van der Waals surface area contributed by atoms with E-state index >= 15 is 0 Å². The van der Waals surface area contributed by atoms with Crippen molar-refractivity contribution in [1.82, 2.24) is 13.7 Å². The molecule has 1 atom stereocenters. The molecule has 2 aromatic carbocycles. The van der Waals surface area contributed by atoms with E-state index in [1.807, 2.05) is 49.6 Å². The number of hydrogen-bond acceptors (Lipinski definition) is 6. The minimum Gasteiger partial charge on any atom is -0.508 e. The van der Waals surface area contributed by atoms with Gasteiger partial charge in [0.05, 0.1) is 39.4 Å². The predicted octanol–water partition coefficient (Wildman–Crippen LogP) is 3.48. The number of nitro benzene ring substituents is 1. The molecule has 2 aromatic heterocycles. The third kappa shape index (κ3) is 3.29. The molecule has 5 rings (SSSR count). The smallest absolute Gasteiger partial charge is 0.331 e. The fourth-order valence-corrected chi connectivity index (χ4v) is 5.16. The molecule has 4 aromatic rings. The average Bonchev–Trinajstić information content (AvgIpc) is 3.20. The van der Waals surface area contributed by atoms with Gasteiger partial charge in [-0.2, -0.15) is 0 Å². The van der Waals surface area contributed by atoms with Gasteiger partial charge in [0, 0.05) is 31.8 Å². The van der Waals surface area contributed by atoms with Gasteiger partial charge in [-0.1, -0.05) is 23.8 Å². The maximum Gasteiger partial charge on any atom is 0.331 e. The summed E-state index contributed by atoms with van der Waals surface area (Å²) in [6.07, 6.45) is -0.961. The van der Waals surface area contributed by atoms with Crippen molar-refractivity contribution in [3.05, 3.63) is 90.2 Å². The topological polar surface area (TPSA) is 122 Å². The number of hydrogen-bond donors (Lipinski definition) is 1. The van der Waals surface area contributed by atoms with E-state index in [0.717, 1.165) is 15.7 Å². The number of benzene rings is 2. The molecule has 10 heteroatoms. The third-order valence-electron chi connectivity index (χ3n) is 6.86. The number of nitro groups is 1. The maximum absolute atomic E-state index is 13.6. The van der Waals surface area contributed by atoms with Crippen molar-refractivity contribution in [2.24, 2.45) is 14.1 Å². The number of phenolic OH excluding ortho intramolecular Hbond substituents is 1. The van der Waals surface area contributed by atoms with Gasteiger partial charge >= 0.3 is 5.69 Å². The van der Waals surface area contributed by atoms with Crippen LogP contribution in [0.2, 0.25) is 0 Å². The van der Waals surface area contributed by atoms with E-state index in [9.17, 15) is 24.8 Å². The lowest BCUT2D eigenvalue weighted by Gasteiger charge is -2.39. The second kappa shape index (κ2) is 7.92. The molecule has 0 bridgehead atoms. The summed E-state index contributed by atoms with van der Waals surface area (Å²) in [7, 11) is 3.02. The van der Waals surface area contributed by atoms with Crippen molar-refractivity contribution in [2.75, 3.05) is 6.61 Å². The van der Waals surface area contributed by atoms with Crippen LogP contribution in [0.25, 0.3) is 22.2 Å². The lowest BCUT2D eigenvalue weighted by molar-refractivity contribution is -0.385. The fourth-order valence-electron chi connectivity index (χ4n) is 5.16. The van der Waals surface area contributed by atoms with Crippen molar-refractivity contribution in [3.8, 4) is 17.0 Å². The molecule has 0 spiro atoms. The summed E-state index contributed by atoms with van der Waals surface area (Å²) in [6.45, 7) is 6.07. The Balaban J connectivity index is 2.01. The minimum atomic E-state index is -0.961. The second-order valence-corrected chi connectivity index (χ2v) is 9.87. The summed E-state index contributed by atoms with van der Waals surface area (Å²) in [4.78, 5) is 37.6. The number of nitrogens with zero attached hydrogens (tertiary/aromatic N) is 4. The van der Waals surface area contributed by atoms with Gasteiger partial charge < -0.3 is 14.4 Å². The van der Waals surface area contributed by atoms with Crippen LogP contribution in [0.5, 0.6) is 5.75 Å². The molecule has 1 aliphatic rings. The first-order valence-corrected chi connectivity index (χ1v) is 11.4. The highest BCUT2D eigenvalue weighted by atomic mass is 16.6. The molecule has 36 heavy (non-hydrogen) atoms. The standard InChI is InChI=1S/C26H26N4O6/c1-14-7-6-8-15(11-14)20-19-21(27(4)25(33)28(5)24(19)32)22-23(36-13-26(2,3)29(20)22)17-12-16(30(34)35)9-10-18(17)31/h6-12,23,31H,13H2,1-5H3. The third-order valence-corrected chi connectivity index (χ3v) is 6.86. The van der Waals surface area contributed by atoms with Crippen LogP contribution in [0, 0.1) is 17.0 Å². The molecule has 0 radical (unpaired) electrons. The van der Waals surface area contributed by atoms with Crippen molar-refractivity contribution >= 4 is 16.6 Å². The Morgan fingerprint density at radius 1 is 1.11 bits per heavy atom. The van der Waals surface area contributed by atoms with Gasteiger partial charge in [0.2, 0.25) is 0 Å². The molecule has 0 amide bonds. The molecular weight excluding hydrogens is 464 g/mol. The summed E-state index contributed by atoms with van der Waals surface area (Å²) in [6, 6.07) is 11.5. The van der Waals surface area contributed by atoms with Gasteiger partial charge in [0.25, 0.3) is 11.2 Å². The van der Waals surface area contributed by atoms with Gasteiger partial charge in [-0.25, -0.2) is 4.79 Å². The summed E-state index contributed by atoms with van der Waals surface area (Å²) < 4.78 is 10.7. The van der Waals surface area contributed by atoms with Gasteiger partial charge in [0.1, 0.15) is 11.9 Å². The summed E-state index contributed by atoms with van der Waals surface area (Å²) >= 11 is 0. The first kappa shape index (κ1) is 23.6.